The molecular weight excluding hydrogens is 350 g/mol. The minimum atomic E-state index is -0.943. The summed E-state index contributed by atoms with van der Waals surface area (Å²) in [5, 5.41) is 13.5. The summed E-state index contributed by atoms with van der Waals surface area (Å²) >= 11 is 1.47. The number of hydrogen-bond donors (Lipinski definition) is 2. The number of rotatable bonds is 3. The van der Waals surface area contributed by atoms with Crippen LogP contribution in [0.4, 0.5) is 5.00 Å². The predicted molar refractivity (Wildman–Crippen MR) is 96.4 cm³/mol. The second-order valence-corrected chi connectivity index (χ2v) is 10.2. The molecule has 6 bridgehead atoms. The van der Waals surface area contributed by atoms with Crippen LogP contribution in [0.1, 0.15) is 71.8 Å². The van der Waals surface area contributed by atoms with Crippen molar-refractivity contribution < 1.29 is 19.4 Å². The molecule has 6 heteroatoms. The van der Waals surface area contributed by atoms with Gasteiger partial charge in [-0.05, 0) is 62.7 Å². The van der Waals surface area contributed by atoms with Crippen LogP contribution < -0.4 is 5.32 Å². The van der Waals surface area contributed by atoms with Gasteiger partial charge in [-0.15, -0.1) is 11.3 Å². The highest BCUT2D eigenvalue weighted by Crippen LogP contribution is 2.65. The van der Waals surface area contributed by atoms with Gasteiger partial charge in [-0.2, -0.15) is 0 Å². The van der Waals surface area contributed by atoms with Crippen LogP contribution in [0, 0.1) is 23.2 Å². The minimum absolute atomic E-state index is 0.0828. The van der Waals surface area contributed by atoms with Gasteiger partial charge in [0.25, 0.3) is 0 Å². The van der Waals surface area contributed by atoms with Crippen molar-refractivity contribution in [3.63, 3.8) is 0 Å². The summed E-state index contributed by atoms with van der Waals surface area (Å²) < 4.78 is 5.95. The fourth-order valence-corrected chi connectivity index (χ4v) is 8.26. The zero-order valence-corrected chi connectivity index (χ0v) is 15.4. The smallest absolute Gasteiger partial charge is 0.339 e. The lowest BCUT2D eigenvalue weighted by Crippen LogP contribution is -2.37. The first-order valence-corrected chi connectivity index (χ1v) is 10.7. The number of carboxylic acids is 1. The van der Waals surface area contributed by atoms with Crippen LogP contribution in [0.2, 0.25) is 0 Å². The summed E-state index contributed by atoms with van der Waals surface area (Å²) in [6.45, 7) is 0. The number of anilines is 1. The highest BCUT2D eigenvalue weighted by atomic mass is 32.1. The third-order valence-electron chi connectivity index (χ3n) is 7.75. The maximum absolute atomic E-state index is 13.3. The maximum Gasteiger partial charge on any atom is 0.339 e. The maximum atomic E-state index is 13.3. The first kappa shape index (κ1) is 15.6. The van der Waals surface area contributed by atoms with Crippen molar-refractivity contribution in [2.75, 3.05) is 5.32 Å². The van der Waals surface area contributed by atoms with Crippen LogP contribution in [0.15, 0.2) is 0 Å². The molecule has 4 aliphatic carbocycles. The molecule has 0 spiro atoms. The van der Waals surface area contributed by atoms with Crippen molar-refractivity contribution in [3.8, 4) is 0 Å². The first-order valence-electron chi connectivity index (χ1n) is 9.89. The van der Waals surface area contributed by atoms with Crippen molar-refractivity contribution in [2.45, 2.75) is 63.6 Å². The fraction of sp³-hybridized carbons (Fsp3) is 0.700. The Balaban J connectivity index is 1.36. The van der Waals surface area contributed by atoms with Gasteiger partial charge in [-0.3, -0.25) is 4.79 Å². The zero-order chi connectivity index (χ0) is 17.6. The molecule has 0 aromatic carbocycles. The molecule has 5 fully saturated rings. The van der Waals surface area contributed by atoms with Gasteiger partial charge in [-0.1, -0.05) is 0 Å². The molecule has 5 nitrogen and oxygen atoms in total. The van der Waals surface area contributed by atoms with Gasteiger partial charge in [0.05, 0.1) is 17.6 Å². The highest BCUT2D eigenvalue weighted by Gasteiger charge is 2.61. The van der Waals surface area contributed by atoms with E-state index in [1.165, 1.54) is 30.6 Å². The van der Waals surface area contributed by atoms with Crippen molar-refractivity contribution in [3.05, 3.63) is 16.0 Å². The molecule has 2 N–H and O–H groups in total. The number of thiophene rings is 1. The lowest BCUT2D eigenvalue weighted by atomic mass is 9.75. The Hall–Kier alpha value is -1.40. The Morgan fingerprint density at radius 1 is 1.15 bits per heavy atom. The fourth-order valence-electron chi connectivity index (χ4n) is 6.95. The van der Waals surface area contributed by atoms with Crippen LogP contribution >= 0.6 is 11.3 Å². The van der Waals surface area contributed by atoms with Gasteiger partial charge >= 0.3 is 5.97 Å². The average molecular weight is 373 g/mol. The second kappa shape index (κ2) is 5.10. The SMILES string of the molecule is O=C(O)c1c(NC(=O)C23CC4CC(CC2C4)C3)sc2c1C1CCC(C2)O1. The predicted octanol–water partition coefficient (Wildman–Crippen LogP) is 3.99. The van der Waals surface area contributed by atoms with E-state index in [-0.39, 0.29) is 29.1 Å². The molecule has 1 saturated heterocycles. The molecule has 1 amide bonds. The van der Waals surface area contributed by atoms with Gasteiger partial charge in [0.2, 0.25) is 5.91 Å². The lowest BCUT2D eigenvalue weighted by molar-refractivity contribution is -0.127. The molecule has 4 saturated carbocycles. The Morgan fingerprint density at radius 3 is 2.65 bits per heavy atom. The van der Waals surface area contributed by atoms with E-state index < -0.39 is 5.97 Å². The van der Waals surface area contributed by atoms with E-state index in [2.05, 4.69) is 5.32 Å². The number of ether oxygens (including phenoxy) is 1. The molecule has 1 aromatic heterocycles. The van der Waals surface area contributed by atoms with Crippen LogP contribution in [-0.2, 0) is 16.0 Å². The number of carbonyl (C=O) groups excluding carboxylic acids is 1. The molecule has 4 atom stereocenters. The van der Waals surface area contributed by atoms with Gasteiger partial charge in [0.15, 0.2) is 0 Å². The number of amides is 1. The number of hydrogen-bond acceptors (Lipinski definition) is 4. The number of fused-ring (bicyclic) bond motifs is 4. The third kappa shape index (κ3) is 1.95. The molecule has 138 valence electrons. The van der Waals surface area contributed by atoms with Crippen molar-refractivity contribution in [2.24, 2.45) is 23.2 Å². The van der Waals surface area contributed by atoms with Crippen molar-refractivity contribution in [1.82, 2.24) is 0 Å². The molecule has 7 rings (SSSR count). The molecule has 6 aliphatic rings. The van der Waals surface area contributed by atoms with Gasteiger partial charge < -0.3 is 15.2 Å². The van der Waals surface area contributed by atoms with E-state index in [4.69, 9.17) is 4.74 Å². The summed E-state index contributed by atoms with van der Waals surface area (Å²) in [4.78, 5) is 26.4. The molecule has 3 heterocycles. The second-order valence-electron chi connectivity index (χ2n) is 9.13. The molecule has 26 heavy (non-hydrogen) atoms. The average Bonchev–Trinajstić information content (AvgIpc) is 3.27. The Kier molecular flexibility index (Phi) is 3.07. The normalized spacial score (nSPS) is 41.5. The summed E-state index contributed by atoms with van der Waals surface area (Å²) in [7, 11) is 0. The van der Waals surface area contributed by atoms with Crippen LogP contribution in [0.5, 0.6) is 0 Å². The standard InChI is InChI=1S/C20H23NO4S/c22-18(23)16-15-13-2-1-12(25-13)6-14(15)26-17(16)21-19(24)20-7-9-3-10(8-20)5-11(20)4-9/h9-13H,1-8H2,(H,21,24)(H,22,23). The Morgan fingerprint density at radius 2 is 1.92 bits per heavy atom. The van der Waals surface area contributed by atoms with Crippen molar-refractivity contribution >= 4 is 28.2 Å². The molecule has 2 aliphatic heterocycles. The molecule has 1 aromatic rings. The van der Waals surface area contributed by atoms with Gasteiger partial charge in [0.1, 0.15) is 10.6 Å². The Labute approximate surface area is 156 Å². The summed E-state index contributed by atoms with van der Waals surface area (Å²) in [5.41, 5.74) is 0.891. The van der Waals surface area contributed by atoms with E-state index in [0.29, 0.717) is 22.8 Å². The van der Waals surface area contributed by atoms with Gasteiger partial charge in [-0.25, -0.2) is 4.79 Å². The highest BCUT2D eigenvalue weighted by molar-refractivity contribution is 7.17. The van der Waals surface area contributed by atoms with E-state index >= 15 is 0 Å². The number of carboxylic acid groups (broad SMARTS) is 1. The molecule has 0 radical (unpaired) electrons. The van der Waals surface area contributed by atoms with E-state index in [9.17, 15) is 14.7 Å². The largest absolute Gasteiger partial charge is 0.478 e. The lowest BCUT2D eigenvalue weighted by Gasteiger charge is -2.31. The monoisotopic (exact) mass is 373 g/mol. The summed E-state index contributed by atoms with van der Waals surface area (Å²) in [5.74, 6) is 1.06. The molecule has 4 unspecified atom stereocenters. The first-order chi connectivity index (χ1) is 12.5. The van der Waals surface area contributed by atoms with E-state index in [1.54, 1.807) is 0 Å². The van der Waals surface area contributed by atoms with Crippen molar-refractivity contribution in [1.29, 1.82) is 0 Å². The van der Waals surface area contributed by atoms with Crippen LogP contribution in [0.25, 0.3) is 0 Å². The topological polar surface area (TPSA) is 75.6 Å². The summed E-state index contributed by atoms with van der Waals surface area (Å²) in [6.07, 6.45) is 8.46. The minimum Gasteiger partial charge on any atom is -0.478 e. The van der Waals surface area contributed by atoms with Crippen LogP contribution in [0.3, 0.4) is 0 Å². The quantitative estimate of drug-likeness (QED) is 0.840. The molecular formula is C20H23NO4S. The van der Waals surface area contributed by atoms with E-state index in [1.807, 2.05) is 0 Å². The Bertz CT molecular complexity index is 816. The van der Waals surface area contributed by atoms with Crippen LogP contribution in [-0.4, -0.2) is 23.1 Å². The number of aromatic carboxylic acids is 1. The number of carbonyl (C=O) groups is 2. The van der Waals surface area contributed by atoms with E-state index in [0.717, 1.165) is 42.5 Å². The summed E-state index contributed by atoms with van der Waals surface area (Å²) in [6, 6.07) is 0. The number of nitrogens with one attached hydrogen (secondary N) is 1. The van der Waals surface area contributed by atoms with Gasteiger partial charge in [0, 0.05) is 16.9 Å². The zero-order valence-electron chi connectivity index (χ0n) is 14.6. The third-order valence-corrected chi connectivity index (χ3v) is 8.89.